The molecule has 1 heterocycles. The number of alkyl halides is 3. The second-order valence-electron chi connectivity index (χ2n) is 8.34. The van der Waals surface area contributed by atoms with E-state index >= 15 is 0 Å². The molecule has 0 saturated carbocycles. The summed E-state index contributed by atoms with van der Waals surface area (Å²) in [5.74, 6) is -0.224. The summed E-state index contributed by atoms with van der Waals surface area (Å²) in [6, 6.07) is 12.4. The van der Waals surface area contributed by atoms with Gasteiger partial charge in [-0.2, -0.15) is 13.2 Å². The molecule has 3 rings (SSSR count). The maximum absolute atomic E-state index is 12.8. The SMILES string of the molecule is CCC(C)(C(=O)NC(C)c1ccc(SC)cc1)N1CCCC1.Oc1cccc(C(F)(F)F)c1. The van der Waals surface area contributed by atoms with Crippen molar-refractivity contribution in [3.8, 4) is 5.75 Å². The first-order chi connectivity index (χ1) is 15.5. The Bertz CT molecular complexity index is 899. The Labute approximate surface area is 198 Å². The van der Waals surface area contributed by atoms with Crippen molar-refractivity contribution in [2.45, 2.75) is 62.7 Å². The number of phenolic OH excluding ortho intramolecular Hbond substituents is 1. The number of hydrogen-bond acceptors (Lipinski definition) is 4. The summed E-state index contributed by atoms with van der Waals surface area (Å²) >= 11 is 1.73. The predicted molar refractivity (Wildman–Crippen MR) is 127 cm³/mol. The first-order valence-electron chi connectivity index (χ1n) is 11.1. The van der Waals surface area contributed by atoms with E-state index in [1.54, 1.807) is 11.8 Å². The van der Waals surface area contributed by atoms with Crippen LogP contribution in [0.15, 0.2) is 53.4 Å². The molecule has 8 heteroatoms. The molecule has 1 amide bonds. The van der Waals surface area contributed by atoms with E-state index in [9.17, 15) is 18.0 Å². The third kappa shape index (κ3) is 7.40. The molecule has 2 unspecified atom stereocenters. The number of amides is 1. The lowest BCUT2D eigenvalue weighted by Crippen LogP contribution is -2.55. The number of aromatic hydroxyl groups is 1. The summed E-state index contributed by atoms with van der Waals surface area (Å²) in [4.78, 5) is 16.4. The van der Waals surface area contributed by atoms with Crippen LogP contribution in [0.5, 0.6) is 5.75 Å². The predicted octanol–water partition coefficient (Wildman–Crippen LogP) is 6.26. The lowest BCUT2D eigenvalue weighted by Gasteiger charge is -2.37. The van der Waals surface area contributed by atoms with E-state index in [1.807, 2.05) is 0 Å². The normalized spacial score (nSPS) is 16.9. The van der Waals surface area contributed by atoms with Gasteiger partial charge in [0.15, 0.2) is 0 Å². The lowest BCUT2D eigenvalue weighted by molar-refractivity contribution is -0.137. The van der Waals surface area contributed by atoms with E-state index in [0.717, 1.165) is 37.2 Å². The molecule has 1 fully saturated rings. The molecule has 182 valence electrons. The van der Waals surface area contributed by atoms with Crippen LogP contribution in [0.1, 0.15) is 57.2 Å². The molecule has 1 aliphatic heterocycles. The number of carbonyl (C=O) groups excluding carboxylic acids is 1. The summed E-state index contributed by atoms with van der Waals surface area (Å²) < 4.78 is 35.6. The average Bonchev–Trinajstić information content (AvgIpc) is 3.34. The summed E-state index contributed by atoms with van der Waals surface area (Å²) in [5, 5.41) is 11.9. The van der Waals surface area contributed by atoms with Gasteiger partial charge >= 0.3 is 6.18 Å². The number of nitrogens with zero attached hydrogens (tertiary/aromatic N) is 1. The Morgan fingerprint density at radius 1 is 1.15 bits per heavy atom. The molecule has 1 saturated heterocycles. The molecule has 4 nitrogen and oxygen atoms in total. The number of phenols is 1. The Balaban J connectivity index is 0.000000294. The third-order valence-corrected chi connectivity index (χ3v) is 6.86. The van der Waals surface area contributed by atoms with Gasteiger partial charge in [-0.05, 0) is 88.4 Å². The van der Waals surface area contributed by atoms with Gasteiger partial charge in [0.25, 0.3) is 0 Å². The van der Waals surface area contributed by atoms with Crippen molar-refractivity contribution in [3.05, 3.63) is 59.7 Å². The van der Waals surface area contributed by atoms with E-state index in [1.165, 1.54) is 23.8 Å². The van der Waals surface area contributed by atoms with Gasteiger partial charge in [-0.1, -0.05) is 25.1 Å². The van der Waals surface area contributed by atoms with Crippen LogP contribution in [0.25, 0.3) is 0 Å². The molecular weight excluding hydrogens is 449 g/mol. The van der Waals surface area contributed by atoms with E-state index in [-0.39, 0.29) is 23.2 Å². The van der Waals surface area contributed by atoms with E-state index < -0.39 is 11.7 Å². The van der Waals surface area contributed by atoms with Crippen molar-refractivity contribution >= 4 is 17.7 Å². The maximum atomic E-state index is 12.8. The Hall–Kier alpha value is -2.19. The summed E-state index contributed by atoms with van der Waals surface area (Å²) in [7, 11) is 0. The molecule has 0 radical (unpaired) electrons. The molecule has 0 bridgehead atoms. The molecule has 0 spiro atoms. The van der Waals surface area contributed by atoms with Gasteiger partial charge in [-0.15, -0.1) is 11.8 Å². The minimum Gasteiger partial charge on any atom is -0.508 e. The van der Waals surface area contributed by atoms with Gasteiger partial charge in [0.1, 0.15) is 5.75 Å². The van der Waals surface area contributed by atoms with Crippen LogP contribution in [0.3, 0.4) is 0 Å². The van der Waals surface area contributed by atoms with Crippen molar-refractivity contribution in [3.63, 3.8) is 0 Å². The lowest BCUT2D eigenvalue weighted by atomic mass is 9.94. The van der Waals surface area contributed by atoms with E-state index in [2.05, 4.69) is 61.5 Å². The topological polar surface area (TPSA) is 52.6 Å². The fourth-order valence-corrected chi connectivity index (χ4v) is 4.16. The zero-order chi connectivity index (χ0) is 24.6. The highest BCUT2D eigenvalue weighted by atomic mass is 32.2. The number of benzene rings is 2. The van der Waals surface area contributed by atoms with Crippen LogP contribution in [-0.4, -0.2) is 40.8 Å². The molecular formula is C25H33F3N2O2S. The van der Waals surface area contributed by atoms with Crippen LogP contribution in [0.2, 0.25) is 0 Å². The van der Waals surface area contributed by atoms with E-state index in [0.29, 0.717) is 6.07 Å². The highest BCUT2D eigenvalue weighted by Crippen LogP contribution is 2.30. The van der Waals surface area contributed by atoms with Crippen LogP contribution >= 0.6 is 11.8 Å². The smallest absolute Gasteiger partial charge is 0.416 e. The molecule has 2 atom stereocenters. The Kier molecular flexibility index (Phi) is 9.67. The minimum absolute atomic E-state index is 0.0388. The van der Waals surface area contributed by atoms with Crippen molar-refractivity contribution in [1.29, 1.82) is 0 Å². The zero-order valence-electron chi connectivity index (χ0n) is 19.6. The molecule has 2 aromatic carbocycles. The zero-order valence-corrected chi connectivity index (χ0v) is 20.4. The second-order valence-corrected chi connectivity index (χ2v) is 9.22. The van der Waals surface area contributed by atoms with Crippen molar-refractivity contribution in [2.24, 2.45) is 0 Å². The quantitative estimate of drug-likeness (QED) is 0.477. The van der Waals surface area contributed by atoms with Crippen molar-refractivity contribution < 1.29 is 23.1 Å². The summed E-state index contributed by atoms with van der Waals surface area (Å²) in [5.41, 5.74) is -0.0622. The van der Waals surface area contributed by atoms with Crippen LogP contribution in [0.4, 0.5) is 13.2 Å². The van der Waals surface area contributed by atoms with Crippen LogP contribution < -0.4 is 5.32 Å². The first-order valence-corrected chi connectivity index (χ1v) is 12.3. The second kappa shape index (κ2) is 11.8. The van der Waals surface area contributed by atoms with Gasteiger partial charge in [-0.25, -0.2) is 0 Å². The number of carbonyl (C=O) groups is 1. The number of rotatable bonds is 6. The molecule has 1 aliphatic rings. The summed E-state index contributed by atoms with van der Waals surface area (Å²) in [6.07, 6.45) is 0.946. The largest absolute Gasteiger partial charge is 0.508 e. The van der Waals surface area contributed by atoms with E-state index in [4.69, 9.17) is 5.11 Å². The molecule has 0 aromatic heterocycles. The fraction of sp³-hybridized carbons (Fsp3) is 0.480. The van der Waals surface area contributed by atoms with Gasteiger partial charge in [0.05, 0.1) is 17.1 Å². The maximum Gasteiger partial charge on any atom is 0.416 e. The monoisotopic (exact) mass is 482 g/mol. The van der Waals surface area contributed by atoms with Crippen molar-refractivity contribution in [1.82, 2.24) is 10.2 Å². The number of halogens is 3. The van der Waals surface area contributed by atoms with Gasteiger partial charge in [0, 0.05) is 4.90 Å². The molecule has 2 N–H and O–H groups in total. The standard InChI is InChI=1S/C18H28N2OS.C7H5F3O/c1-5-18(3,20-12-6-7-13-20)17(21)19-14(2)15-8-10-16(22-4)11-9-15;8-7(9,10)5-2-1-3-6(11)4-5/h8-11,14H,5-7,12-13H2,1-4H3,(H,19,21);1-4,11H. The Morgan fingerprint density at radius 2 is 1.76 bits per heavy atom. The van der Waals surface area contributed by atoms with Gasteiger partial charge in [0.2, 0.25) is 5.91 Å². The molecule has 0 aliphatic carbocycles. The van der Waals surface area contributed by atoms with Crippen LogP contribution in [-0.2, 0) is 11.0 Å². The number of nitrogens with one attached hydrogen (secondary N) is 1. The minimum atomic E-state index is -4.38. The highest BCUT2D eigenvalue weighted by molar-refractivity contribution is 7.98. The Morgan fingerprint density at radius 3 is 2.21 bits per heavy atom. The van der Waals surface area contributed by atoms with Gasteiger partial charge in [-0.3, -0.25) is 9.69 Å². The number of thioether (sulfide) groups is 1. The third-order valence-electron chi connectivity index (χ3n) is 6.12. The number of likely N-dealkylation sites (tertiary alicyclic amines) is 1. The highest BCUT2D eigenvalue weighted by Gasteiger charge is 2.39. The van der Waals surface area contributed by atoms with Crippen molar-refractivity contribution in [2.75, 3.05) is 19.3 Å². The first kappa shape index (κ1) is 27.1. The molecule has 33 heavy (non-hydrogen) atoms. The average molecular weight is 483 g/mol. The van der Waals surface area contributed by atoms with Crippen LogP contribution in [0, 0.1) is 0 Å². The molecule has 2 aromatic rings. The van der Waals surface area contributed by atoms with Gasteiger partial charge < -0.3 is 10.4 Å². The summed E-state index contributed by atoms with van der Waals surface area (Å²) in [6.45, 7) is 8.32. The fourth-order valence-electron chi connectivity index (χ4n) is 3.75. The number of hydrogen-bond donors (Lipinski definition) is 2.